The zero-order valence-electron chi connectivity index (χ0n) is 21.2. The van der Waals surface area contributed by atoms with E-state index in [9.17, 15) is 4.79 Å². The third kappa shape index (κ3) is 6.80. The van der Waals surface area contributed by atoms with E-state index in [1.54, 1.807) is 0 Å². The molecule has 3 aromatic carbocycles. The van der Waals surface area contributed by atoms with Crippen LogP contribution in [-0.4, -0.2) is 37.0 Å². The topological polar surface area (TPSA) is 23.6 Å². The first-order valence-corrected chi connectivity index (χ1v) is 13.2. The molecule has 35 heavy (non-hydrogen) atoms. The SMILES string of the molecule is CC.Cc1ccc(C2(C(=O)N3CCN(c4ccc(C)cc4Cl)CC3)CC2)cc1.Clc1ccccc1. The normalized spacial score (nSPS) is 15.8. The summed E-state index contributed by atoms with van der Waals surface area (Å²) < 4.78 is 0. The predicted octanol–water partition coefficient (Wildman–Crippen LogP) is 7.70. The molecule has 0 radical (unpaired) electrons. The van der Waals surface area contributed by atoms with E-state index >= 15 is 0 Å². The second-order valence-electron chi connectivity index (χ2n) is 8.98. The van der Waals surface area contributed by atoms with Crippen molar-refractivity contribution in [2.24, 2.45) is 0 Å². The van der Waals surface area contributed by atoms with Crippen LogP contribution in [-0.2, 0) is 10.2 Å². The Morgan fingerprint density at radius 1 is 0.771 bits per heavy atom. The van der Waals surface area contributed by atoms with E-state index in [1.807, 2.05) is 62.1 Å². The van der Waals surface area contributed by atoms with E-state index in [-0.39, 0.29) is 5.41 Å². The number of anilines is 1. The summed E-state index contributed by atoms with van der Waals surface area (Å²) in [6.45, 7) is 11.3. The van der Waals surface area contributed by atoms with Crippen LogP contribution in [0.25, 0.3) is 0 Å². The number of amides is 1. The van der Waals surface area contributed by atoms with Gasteiger partial charge in [0.1, 0.15) is 0 Å². The molecule has 0 N–H and O–H groups in total. The minimum atomic E-state index is -0.266. The zero-order chi connectivity index (χ0) is 25.4. The third-order valence-corrected chi connectivity index (χ3v) is 7.06. The van der Waals surface area contributed by atoms with Crippen molar-refractivity contribution in [2.45, 2.75) is 46.0 Å². The summed E-state index contributed by atoms with van der Waals surface area (Å²) in [7, 11) is 0. The fourth-order valence-corrected chi connectivity index (χ4v) is 4.86. The van der Waals surface area contributed by atoms with Crippen LogP contribution in [0.15, 0.2) is 72.8 Å². The molecule has 0 unspecified atom stereocenters. The van der Waals surface area contributed by atoms with Crippen LogP contribution < -0.4 is 4.90 Å². The molecule has 2 aliphatic rings. The largest absolute Gasteiger partial charge is 0.367 e. The minimum Gasteiger partial charge on any atom is -0.367 e. The number of hydrogen-bond donors (Lipinski definition) is 0. The summed E-state index contributed by atoms with van der Waals surface area (Å²) >= 11 is 12.0. The smallest absolute Gasteiger partial charge is 0.233 e. The number of carbonyl (C=O) groups is 1. The van der Waals surface area contributed by atoms with Crippen LogP contribution in [0.5, 0.6) is 0 Å². The molecule has 1 aliphatic carbocycles. The van der Waals surface area contributed by atoms with E-state index in [4.69, 9.17) is 23.2 Å². The number of benzene rings is 3. The highest BCUT2D eigenvalue weighted by atomic mass is 35.5. The van der Waals surface area contributed by atoms with Crippen LogP contribution >= 0.6 is 23.2 Å². The fraction of sp³-hybridized carbons (Fsp3) is 0.367. The highest BCUT2D eigenvalue weighted by Crippen LogP contribution is 2.49. The molecule has 1 saturated carbocycles. The number of hydrogen-bond acceptors (Lipinski definition) is 2. The Bertz CT molecular complexity index is 1090. The molecule has 5 rings (SSSR count). The van der Waals surface area contributed by atoms with Gasteiger partial charge >= 0.3 is 0 Å². The Hall–Kier alpha value is -2.49. The molecule has 1 saturated heterocycles. The van der Waals surface area contributed by atoms with E-state index in [2.05, 4.69) is 48.2 Å². The molecule has 1 heterocycles. The molecular weight excluding hydrogens is 475 g/mol. The molecular formula is C30H36Cl2N2O. The second-order valence-corrected chi connectivity index (χ2v) is 9.82. The van der Waals surface area contributed by atoms with Gasteiger partial charge in [0.05, 0.1) is 16.1 Å². The Labute approximate surface area is 220 Å². The molecule has 3 aromatic rings. The Morgan fingerprint density at radius 2 is 1.34 bits per heavy atom. The molecule has 0 aromatic heterocycles. The predicted molar refractivity (Wildman–Crippen MR) is 150 cm³/mol. The molecule has 5 heteroatoms. The van der Waals surface area contributed by atoms with Gasteiger partial charge in [0, 0.05) is 31.2 Å². The van der Waals surface area contributed by atoms with Gasteiger partial charge < -0.3 is 9.80 Å². The van der Waals surface area contributed by atoms with Gasteiger partial charge in [-0.3, -0.25) is 4.79 Å². The maximum Gasteiger partial charge on any atom is 0.233 e. The lowest BCUT2D eigenvalue weighted by Crippen LogP contribution is -2.51. The van der Waals surface area contributed by atoms with Crippen LogP contribution in [0.4, 0.5) is 5.69 Å². The van der Waals surface area contributed by atoms with Crippen molar-refractivity contribution in [1.82, 2.24) is 4.90 Å². The van der Waals surface area contributed by atoms with Crippen LogP contribution in [0.3, 0.4) is 0 Å². The van der Waals surface area contributed by atoms with Crippen molar-refractivity contribution in [3.8, 4) is 0 Å². The van der Waals surface area contributed by atoms with Crippen molar-refractivity contribution in [3.63, 3.8) is 0 Å². The van der Waals surface area contributed by atoms with Crippen molar-refractivity contribution in [2.75, 3.05) is 31.1 Å². The monoisotopic (exact) mass is 510 g/mol. The van der Waals surface area contributed by atoms with Crippen molar-refractivity contribution < 1.29 is 4.79 Å². The highest BCUT2D eigenvalue weighted by molar-refractivity contribution is 6.33. The second kappa shape index (κ2) is 12.5. The average Bonchev–Trinajstić information content (AvgIpc) is 3.68. The third-order valence-electron chi connectivity index (χ3n) is 6.51. The summed E-state index contributed by atoms with van der Waals surface area (Å²) in [5, 5.41) is 1.59. The maximum atomic E-state index is 13.2. The molecule has 0 atom stereocenters. The molecule has 1 aliphatic heterocycles. The van der Waals surface area contributed by atoms with Crippen LogP contribution in [0.1, 0.15) is 43.4 Å². The minimum absolute atomic E-state index is 0.266. The first-order valence-electron chi connectivity index (χ1n) is 12.5. The van der Waals surface area contributed by atoms with Gasteiger partial charge in [0.25, 0.3) is 0 Å². The van der Waals surface area contributed by atoms with E-state index in [0.717, 1.165) is 54.8 Å². The van der Waals surface area contributed by atoms with Gasteiger partial charge in [-0.15, -0.1) is 0 Å². The molecule has 0 bridgehead atoms. The Kier molecular flexibility index (Phi) is 9.65. The van der Waals surface area contributed by atoms with Gasteiger partial charge in [-0.2, -0.15) is 0 Å². The van der Waals surface area contributed by atoms with Crippen molar-refractivity contribution in [3.05, 3.63) is 99.5 Å². The number of carbonyl (C=O) groups excluding carboxylic acids is 1. The highest BCUT2D eigenvalue weighted by Gasteiger charge is 2.53. The molecule has 3 nitrogen and oxygen atoms in total. The zero-order valence-corrected chi connectivity index (χ0v) is 22.7. The molecule has 186 valence electrons. The fourth-order valence-electron chi connectivity index (χ4n) is 4.36. The van der Waals surface area contributed by atoms with E-state index in [1.165, 1.54) is 16.7 Å². The average molecular weight is 512 g/mol. The lowest BCUT2D eigenvalue weighted by atomic mass is 9.93. The van der Waals surface area contributed by atoms with Crippen LogP contribution in [0.2, 0.25) is 10.0 Å². The van der Waals surface area contributed by atoms with Gasteiger partial charge in [-0.1, -0.05) is 91.1 Å². The first-order chi connectivity index (χ1) is 16.9. The molecule has 0 spiro atoms. The Balaban J connectivity index is 0.000000324. The summed E-state index contributed by atoms with van der Waals surface area (Å²) in [4.78, 5) is 17.5. The Morgan fingerprint density at radius 3 is 1.83 bits per heavy atom. The van der Waals surface area contributed by atoms with Gasteiger partial charge in [-0.25, -0.2) is 0 Å². The number of rotatable bonds is 3. The first kappa shape index (κ1) is 27.1. The number of halogens is 2. The quantitative estimate of drug-likeness (QED) is 0.360. The summed E-state index contributed by atoms with van der Waals surface area (Å²) in [6.07, 6.45) is 1.94. The van der Waals surface area contributed by atoms with Gasteiger partial charge in [-0.05, 0) is 62.1 Å². The van der Waals surface area contributed by atoms with Crippen molar-refractivity contribution in [1.29, 1.82) is 0 Å². The number of piperazine rings is 1. The van der Waals surface area contributed by atoms with Crippen molar-refractivity contribution >= 4 is 34.8 Å². The number of aryl methyl sites for hydroxylation is 2. The molecule has 1 amide bonds. The maximum absolute atomic E-state index is 13.2. The summed E-state index contributed by atoms with van der Waals surface area (Å²) in [5.74, 6) is 0.302. The van der Waals surface area contributed by atoms with E-state index < -0.39 is 0 Å². The molecule has 2 fully saturated rings. The lowest BCUT2D eigenvalue weighted by molar-refractivity contribution is -0.134. The summed E-state index contributed by atoms with van der Waals surface area (Å²) in [6, 6.07) is 24.1. The van der Waals surface area contributed by atoms with Crippen LogP contribution in [0, 0.1) is 13.8 Å². The summed E-state index contributed by atoms with van der Waals surface area (Å²) in [5.41, 5.74) is 4.39. The van der Waals surface area contributed by atoms with E-state index in [0.29, 0.717) is 5.91 Å². The van der Waals surface area contributed by atoms with Gasteiger partial charge in [0.2, 0.25) is 5.91 Å². The standard InChI is InChI=1S/C22H25ClN2O.C6H5Cl.C2H6/c1-16-3-6-18(7-4-16)22(9-10-22)21(26)25-13-11-24(12-14-25)20-8-5-17(2)15-19(20)23;7-6-4-2-1-3-5-6;1-2/h3-8,15H,9-14H2,1-2H3;1-5H;1-2H3. The number of nitrogens with zero attached hydrogens (tertiary/aromatic N) is 2. The lowest BCUT2D eigenvalue weighted by Gasteiger charge is -2.38. The van der Waals surface area contributed by atoms with Gasteiger partial charge in [0.15, 0.2) is 0 Å².